The molecule has 1 aliphatic carbocycles. The number of hydrogen-bond donors (Lipinski definition) is 3. The highest BCUT2D eigenvalue weighted by Crippen LogP contribution is 2.29. The lowest BCUT2D eigenvalue weighted by atomic mass is 10.00. The Kier molecular flexibility index (Phi) is 8.99. The van der Waals surface area contributed by atoms with Crippen LogP contribution >= 0.6 is 11.3 Å². The quantitative estimate of drug-likeness (QED) is 0.492. The molecule has 1 aromatic rings. The van der Waals surface area contributed by atoms with E-state index < -0.39 is 6.10 Å². The average molecular weight is 398 g/mol. The molecule has 1 unspecified atom stereocenters. The van der Waals surface area contributed by atoms with E-state index in [9.17, 15) is 9.90 Å². The van der Waals surface area contributed by atoms with E-state index in [1.807, 2.05) is 20.8 Å². The molecular weight excluding hydrogens is 362 g/mol. The molecule has 6 nitrogen and oxygen atoms in total. The molecule has 2 rings (SSSR count). The van der Waals surface area contributed by atoms with Gasteiger partial charge in [-0.15, -0.1) is 0 Å². The van der Waals surface area contributed by atoms with Gasteiger partial charge in [-0.1, -0.05) is 49.9 Å². The summed E-state index contributed by atoms with van der Waals surface area (Å²) < 4.78 is 5.52. The highest BCUT2D eigenvalue weighted by Gasteiger charge is 2.15. The van der Waals surface area contributed by atoms with Gasteiger partial charge in [0.2, 0.25) is 5.91 Å². The zero-order valence-corrected chi connectivity index (χ0v) is 17.7. The first kappa shape index (κ1) is 22.1. The standard InChI is InChI=1S/C20H35N3O3S/c1-20(2,3)22-12-16(24)14-26-19-21-13-18(27-19)23-17(25)11-7-6-10-15-8-4-5-9-15/h13,15-16,22,24H,4-12,14H2,1-3H3,(H,23,25). The summed E-state index contributed by atoms with van der Waals surface area (Å²) in [6.45, 7) is 6.77. The third-order valence-electron chi connectivity index (χ3n) is 4.76. The Hall–Kier alpha value is -1.18. The van der Waals surface area contributed by atoms with Crippen LogP contribution in [-0.4, -0.2) is 40.8 Å². The lowest BCUT2D eigenvalue weighted by Crippen LogP contribution is -2.42. The van der Waals surface area contributed by atoms with Crippen LogP contribution in [0.3, 0.4) is 0 Å². The van der Waals surface area contributed by atoms with Crippen molar-refractivity contribution in [3.05, 3.63) is 6.20 Å². The predicted molar refractivity (Wildman–Crippen MR) is 110 cm³/mol. The summed E-state index contributed by atoms with van der Waals surface area (Å²) in [5.41, 5.74) is -0.0449. The molecule has 7 heteroatoms. The van der Waals surface area contributed by atoms with Crippen molar-refractivity contribution in [3.8, 4) is 5.19 Å². The second-order valence-corrected chi connectivity index (χ2v) is 9.52. The molecule has 1 saturated carbocycles. The molecule has 0 radical (unpaired) electrons. The second-order valence-electron chi connectivity index (χ2n) is 8.53. The number of aliphatic hydroxyl groups is 1. The number of carbonyl (C=O) groups excluding carboxylic acids is 1. The van der Waals surface area contributed by atoms with Gasteiger partial charge in [0.15, 0.2) is 0 Å². The zero-order valence-electron chi connectivity index (χ0n) is 16.9. The molecule has 0 bridgehead atoms. The largest absolute Gasteiger partial charge is 0.467 e. The van der Waals surface area contributed by atoms with Gasteiger partial charge in [-0.25, -0.2) is 4.98 Å². The highest BCUT2D eigenvalue weighted by molar-refractivity contribution is 7.17. The monoisotopic (exact) mass is 397 g/mol. The summed E-state index contributed by atoms with van der Waals surface area (Å²) in [6.07, 6.45) is 10.4. The lowest BCUT2D eigenvalue weighted by molar-refractivity contribution is -0.116. The molecule has 0 spiro atoms. The number of rotatable bonds is 11. The van der Waals surface area contributed by atoms with E-state index in [1.54, 1.807) is 6.20 Å². The molecule has 1 heterocycles. The number of carbonyl (C=O) groups is 1. The normalized spacial score (nSPS) is 16.4. The van der Waals surface area contributed by atoms with Gasteiger partial charge < -0.3 is 20.5 Å². The van der Waals surface area contributed by atoms with Crippen molar-refractivity contribution in [2.75, 3.05) is 18.5 Å². The summed E-state index contributed by atoms with van der Waals surface area (Å²) in [6, 6.07) is 0. The molecule has 1 fully saturated rings. The van der Waals surface area contributed by atoms with E-state index in [2.05, 4.69) is 15.6 Å². The van der Waals surface area contributed by atoms with Crippen LogP contribution in [-0.2, 0) is 4.79 Å². The molecule has 1 aliphatic rings. The Bertz CT molecular complexity index is 565. The zero-order chi connectivity index (χ0) is 19.7. The Morgan fingerprint density at radius 2 is 2.11 bits per heavy atom. The summed E-state index contributed by atoms with van der Waals surface area (Å²) in [5, 5.41) is 17.2. The van der Waals surface area contributed by atoms with Crippen molar-refractivity contribution in [1.82, 2.24) is 10.3 Å². The molecule has 0 saturated heterocycles. The van der Waals surface area contributed by atoms with E-state index in [0.29, 0.717) is 23.2 Å². The number of nitrogens with zero attached hydrogens (tertiary/aromatic N) is 1. The van der Waals surface area contributed by atoms with E-state index in [0.717, 1.165) is 18.8 Å². The predicted octanol–water partition coefficient (Wildman–Crippen LogP) is 3.96. The first-order valence-electron chi connectivity index (χ1n) is 10.1. The van der Waals surface area contributed by atoms with Gasteiger partial charge in [0.25, 0.3) is 5.19 Å². The van der Waals surface area contributed by atoms with E-state index >= 15 is 0 Å². The molecule has 1 amide bonds. The van der Waals surface area contributed by atoms with Gasteiger partial charge in [-0.05, 0) is 33.1 Å². The van der Waals surface area contributed by atoms with Crippen LogP contribution in [0, 0.1) is 5.92 Å². The van der Waals surface area contributed by atoms with Crippen molar-refractivity contribution in [2.24, 2.45) is 5.92 Å². The smallest absolute Gasteiger partial charge is 0.275 e. The van der Waals surface area contributed by atoms with Crippen LogP contribution in [0.25, 0.3) is 0 Å². The Balaban J connectivity index is 1.59. The number of amides is 1. The molecule has 154 valence electrons. The molecule has 1 aromatic heterocycles. The van der Waals surface area contributed by atoms with Crippen molar-refractivity contribution >= 4 is 22.2 Å². The van der Waals surface area contributed by atoms with Gasteiger partial charge in [-0.3, -0.25) is 4.79 Å². The number of hydrogen-bond acceptors (Lipinski definition) is 6. The lowest BCUT2D eigenvalue weighted by Gasteiger charge is -2.22. The van der Waals surface area contributed by atoms with E-state index in [1.165, 1.54) is 43.4 Å². The second kappa shape index (κ2) is 11.0. The maximum absolute atomic E-state index is 12.0. The van der Waals surface area contributed by atoms with E-state index in [-0.39, 0.29) is 18.1 Å². The third-order valence-corrected chi connectivity index (χ3v) is 5.58. The Morgan fingerprint density at radius 3 is 2.81 bits per heavy atom. The summed E-state index contributed by atoms with van der Waals surface area (Å²) in [5.74, 6) is 0.925. The van der Waals surface area contributed by atoms with Crippen LogP contribution in [0.2, 0.25) is 0 Å². The molecule has 3 N–H and O–H groups in total. The minimum Gasteiger partial charge on any atom is -0.467 e. The summed E-state index contributed by atoms with van der Waals surface area (Å²) in [4.78, 5) is 16.2. The van der Waals surface area contributed by atoms with Crippen molar-refractivity contribution < 1.29 is 14.6 Å². The summed E-state index contributed by atoms with van der Waals surface area (Å²) in [7, 11) is 0. The van der Waals surface area contributed by atoms with Gasteiger partial charge in [0.05, 0.1) is 6.20 Å². The highest BCUT2D eigenvalue weighted by atomic mass is 32.1. The average Bonchev–Trinajstić information content (AvgIpc) is 3.26. The number of ether oxygens (including phenoxy) is 1. The topological polar surface area (TPSA) is 83.5 Å². The van der Waals surface area contributed by atoms with Crippen LogP contribution < -0.4 is 15.4 Å². The van der Waals surface area contributed by atoms with Crippen LogP contribution in [0.5, 0.6) is 5.19 Å². The number of unbranched alkanes of at least 4 members (excludes halogenated alkanes) is 1. The van der Waals surface area contributed by atoms with Crippen molar-refractivity contribution in [1.29, 1.82) is 0 Å². The molecule has 1 atom stereocenters. The van der Waals surface area contributed by atoms with Gasteiger partial charge in [0, 0.05) is 18.5 Å². The van der Waals surface area contributed by atoms with Crippen molar-refractivity contribution in [3.63, 3.8) is 0 Å². The SMILES string of the molecule is CC(C)(C)NCC(O)COc1ncc(NC(=O)CCCCC2CCCC2)s1. The molecular formula is C20H35N3O3S. The summed E-state index contributed by atoms with van der Waals surface area (Å²) >= 11 is 1.29. The molecule has 27 heavy (non-hydrogen) atoms. The fourth-order valence-corrected chi connectivity index (χ4v) is 3.94. The number of aromatic nitrogens is 1. The van der Waals surface area contributed by atoms with E-state index in [4.69, 9.17) is 4.74 Å². The minimum atomic E-state index is -0.606. The van der Waals surface area contributed by atoms with Gasteiger partial charge in [-0.2, -0.15) is 0 Å². The van der Waals surface area contributed by atoms with Crippen LogP contribution in [0.4, 0.5) is 5.00 Å². The number of anilines is 1. The number of aliphatic hydroxyl groups excluding tert-OH is 1. The number of thiazole rings is 1. The fraction of sp³-hybridized carbons (Fsp3) is 0.800. The van der Waals surface area contributed by atoms with Crippen molar-refractivity contribution in [2.45, 2.75) is 83.8 Å². The van der Waals surface area contributed by atoms with Gasteiger partial charge in [0.1, 0.15) is 17.7 Å². The van der Waals surface area contributed by atoms with Crippen LogP contribution in [0.15, 0.2) is 6.20 Å². The number of β-amino-alcohol motifs (C(OH)–C–C–N with tert-alkyl or cyclic N) is 1. The maximum Gasteiger partial charge on any atom is 0.275 e. The Morgan fingerprint density at radius 1 is 1.37 bits per heavy atom. The first-order valence-corrected chi connectivity index (χ1v) is 10.9. The minimum absolute atomic E-state index is 0.0334. The van der Waals surface area contributed by atoms with Crippen LogP contribution in [0.1, 0.15) is 72.1 Å². The maximum atomic E-state index is 12.0. The van der Waals surface area contributed by atoms with Gasteiger partial charge >= 0.3 is 0 Å². The first-order chi connectivity index (χ1) is 12.8. The fourth-order valence-electron chi connectivity index (χ4n) is 3.25. The Labute approximate surface area is 167 Å². The third kappa shape index (κ3) is 9.53. The number of nitrogens with one attached hydrogen (secondary N) is 2. The molecule has 0 aliphatic heterocycles. The molecule has 0 aromatic carbocycles.